The van der Waals surface area contributed by atoms with Crippen molar-refractivity contribution in [3.05, 3.63) is 23.5 Å². The summed E-state index contributed by atoms with van der Waals surface area (Å²) in [7, 11) is -4.26. The van der Waals surface area contributed by atoms with Crippen LogP contribution < -0.4 is 9.03 Å². The molecule has 1 amide bonds. The number of aromatic hydroxyl groups is 1. The largest absolute Gasteiger partial charge is 0.506 e. The number of hydrogen-bond donors (Lipinski definition) is 2. The van der Waals surface area contributed by atoms with Crippen LogP contribution in [0.5, 0.6) is 5.75 Å². The number of amides is 1. The van der Waals surface area contributed by atoms with Gasteiger partial charge in [0.1, 0.15) is 18.0 Å². The maximum absolute atomic E-state index is 14.4. The van der Waals surface area contributed by atoms with Gasteiger partial charge in [-0.25, -0.2) is 13.4 Å². The van der Waals surface area contributed by atoms with Crippen LogP contribution in [0.2, 0.25) is 0 Å². The second kappa shape index (κ2) is 7.39. The number of phenols is 1. The Bertz CT molecular complexity index is 852. The number of nitrogens with one attached hydrogen (secondary N) is 1. The Morgan fingerprint density at radius 3 is 2.57 bits per heavy atom. The van der Waals surface area contributed by atoms with Crippen LogP contribution in [0.15, 0.2) is 12.1 Å². The van der Waals surface area contributed by atoms with E-state index in [0.717, 1.165) is 6.07 Å². The van der Waals surface area contributed by atoms with Crippen molar-refractivity contribution < 1.29 is 35.9 Å². The first kappa shape index (κ1) is 20.6. The number of hydrogen-bond acceptors (Lipinski definition) is 5. The molecule has 0 spiro atoms. The maximum Gasteiger partial charge on any atom is 0.389 e. The van der Waals surface area contributed by atoms with E-state index in [2.05, 4.69) is 0 Å². The smallest absolute Gasteiger partial charge is 0.389 e. The van der Waals surface area contributed by atoms with Gasteiger partial charge in [-0.05, 0) is 43.0 Å². The number of likely N-dealkylation sites (tertiary alicyclic amines) is 1. The van der Waals surface area contributed by atoms with E-state index in [1.54, 1.807) is 4.72 Å². The van der Waals surface area contributed by atoms with E-state index in [1.807, 2.05) is 4.90 Å². The third-order valence-corrected chi connectivity index (χ3v) is 6.16. The van der Waals surface area contributed by atoms with Crippen molar-refractivity contribution in [2.24, 2.45) is 5.92 Å². The van der Waals surface area contributed by atoms with Gasteiger partial charge in [-0.1, -0.05) is 0 Å². The molecule has 1 aromatic carbocycles. The number of carbonyl (C=O) groups is 1. The second-order valence-electron chi connectivity index (χ2n) is 7.01. The standard InChI is InChI=1S/C16H19F4N3O4S/c17-12-5-10(1-3-22-4-2-11(8-22)7-16(18,19)20)6-13(24)15(12)23-9-14(25)21-28(23,26)27/h5-6,11,24H,1-4,7-9H2,(H,21,25). The SMILES string of the molecule is O=C1CN(c2c(O)cc(CCN3CCC(CC(F)(F)F)C3)cc2F)S(=O)(=O)N1. The quantitative estimate of drug-likeness (QED) is 0.699. The molecule has 2 aliphatic heterocycles. The lowest BCUT2D eigenvalue weighted by Gasteiger charge is -2.19. The van der Waals surface area contributed by atoms with E-state index < -0.39 is 58.4 Å². The van der Waals surface area contributed by atoms with Gasteiger partial charge in [-0.3, -0.25) is 4.79 Å². The lowest BCUT2D eigenvalue weighted by Crippen LogP contribution is -2.30. The van der Waals surface area contributed by atoms with Crippen LogP contribution >= 0.6 is 0 Å². The Kier molecular flexibility index (Phi) is 5.45. The van der Waals surface area contributed by atoms with Crippen molar-refractivity contribution >= 4 is 21.8 Å². The van der Waals surface area contributed by atoms with Crippen molar-refractivity contribution in [3.63, 3.8) is 0 Å². The van der Waals surface area contributed by atoms with Gasteiger partial charge in [0.15, 0.2) is 5.82 Å². The number of rotatable bonds is 5. The van der Waals surface area contributed by atoms with Crippen molar-refractivity contribution in [2.75, 3.05) is 30.5 Å². The lowest BCUT2D eigenvalue weighted by atomic mass is 10.1. The molecular weight excluding hydrogens is 406 g/mol. The highest BCUT2D eigenvalue weighted by Crippen LogP contribution is 2.35. The minimum Gasteiger partial charge on any atom is -0.506 e. The van der Waals surface area contributed by atoms with Crippen molar-refractivity contribution in [1.29, 1.82) is 0 Å². The van der Waals surface area contributed by atoms with E-state index >= 15 is 0 Å². The molecule has 0 aliphatic carbocycles. The zero-order valence-corrected chi connectivity index (χ0v) is 15.5. The molecule has 0 aromatic heterocycles. The van der Waals surface area contributed by atoms with Gasteiger partial charge >= 0.3 is 16.4 Å². The van der Waals surface area contributed by atoms with Crippen LogP contribution in [-0.2, 0) is 21.4 Å². The van der Waals surface area contributed by atoms with Crippen LogP contribution in [-0.4, -0.2) is 56.7 Å². The number of phenolic OH excluding ortho intramolecular Hbond substituents is 1. The summed E-state index contributed by atoms with van der Waals surface area (Å²) in [5.74, 6) is -2.94. The minimum absolute atomic E-state index is 0.271. The van der Waals surface area contributed by atoms with Crippen molar-refractivity contribution in [3.8, 4) is 5.75 Å². The third-order valence-electron chi connectivity index (χ3n) is 4.78. The highest BCUT2D eigenvalue weighted by molar-refractivity contribution is 7.92. The minimum atomic E-state index is -4.26. The summed E-state index contributed by atoms with van der Waals surface area (Å²) in [5.41, 5.74) is -0.248. The molecule has 0 bridgehead atoms. The molecule has 7 nitrogen and oxygen atoms in total. The molecule has 0 radical (unpaired) electrons. The number of halogens is 4. The van der Waals surface area contributed by atoms with E-state index in [1.165, 1.54) is 6.07 Å². The third kappa shape index (κ3) is 4.66. The van der Waals surface area contributed by atoms with Gasteiger partial charge in [0.25, 0.3) is 5.91 Å². The number of alkyl halides is 3. The van der Waals surface area contributed by atoms with Crippen LogP contribution in [0.4, 0.5) is 23.2 Å². The number of nitrogens with zero attached hydrogens (tertiary/aromatic N) is 2. The highest BCUT2D eigenvalue weighted by atomic mass is 32.2. The van der Waals surface area contributed by atoms with E-state index in [4.69, 9.17) is 0 Å². The Labute approximate surface area is 159 Å². The highest BCUT2D eigenvalue weighted by Gasteiger charge is 2.38. The summed E-state index contributed by atoms with van der Waals surface area (Å²) in [6.07, 6.45) is -4.32. The molecule has 2 N–H and O–H groups in total. The summed E-state index contributed by atoms with van der Waals surface area (Å²) < 4.78 is 77.6. The van der Waals surface area contributed by atoms with Crippen LogP contribution in [0.1, 0.15) is 18.4 Å². The average molecular weight is 425 g/mol. The average Bonchev–Trinajstić information content (AvgIpc) is 3.06. The lowest BCUT2D eigenvalue weighted by molar-refractivity contribution is -0.143. The molecule has 2 heterocycles. The number of anilines is 1. The first-order valence-corrected chi connectivity index (χ1v) is 10.0. The summed E-state index contributed by atoms with van der Waals surface area (Å²) in [6.45, 7) is 0.550. The van der Waals surface area contributed by atoms with E-state index in [-0.39, 0.29) is 6.42 Å². The number of benzene rings is 1. The van der Waals surface area contributed by atoms with Crippen LogP contribution in [0, 0.1) is 11.7 Å². The van der Waals surface area contributed by atoms with Crippen molar-refractivity contribution in [2.45, 2.75) is 25.4 Å². The first-order chi connectivity index (χ1) is 12.9. The Balaban J connectivity index is 1.65. The fourth-order valence-corrected chi connectivity index (χ4v) is 4.74. The zero-order valence-electron chi connectivity index (χ0n) is 14.7. The maximum atomic E-state index is 14.4. The predicted octanol–water partition coefficient (Wildman–Crippen LogP) is 1.53. The molecule has 156 valence electrons. The molecule has 1 unspecified atom stereocenters. The first-order valence-electron chi connectivity index (χ1n) is 8.58. The fourth-order valence-electron chi connectivity index (χ4n) is 3.57. The summed E-state index contributed by atoms with van der Waals surface area (Å²) in [5, 5.41) is 10.1. The number of carbonyl (C=O) groups excluding carboxylic acids is 1. The van der Waals surface area contributed by atoms with E-state index in [0.29, 0.717) is 35.9 Å². The monoisotopic (exact) mass is 425 g/mol. The Morgan fingerprint density at radius 2 is 2.00 bits per heavy atom. The van der Waals surface area contributed by atoms with Gasteiger partial charge in [0.05, 0.1) is 0 Å². The topological polar surface area (TPSA) is 90.0 Å². The van der Waals surface area contributed by atoms with Gasteiger partial charge in [-0.2, -0.15) is 21.6 Å². The molecule has 1 atom stereocenters. The molecule has 1 aromatic rings. The molecule has 2 saturated heterocycles. The molecule has 2 aliphatic rings. The Hall–Kier alpha value is -2.08. The zero-order chi connectivity index (χ0) is 20.7. The molecule has 3 rings (SSSR count). The summed E-state index contributed by atoms with van der Waals surface area (Å²) >= 11 is 0. The summed E-state index contributed by atoms with van der Waals surface area (Å²) in [4.78, 5) is 13.1. The van der Waals surface area contributed by atoms with Gasteiger partial charge in [0, 0.05) is 19.5 Å². The van der Waals surface area contributed by atoms with Gasteiger partial charge in [-0.15, -0.1) is 0 Å². The van der Waals surface area contributed by atoms with Crippen LogP contribution in [0.3, 0.4) is 0 Å². The van der Waals surface area contributed by atoms with Crippen molar-refractivity contribution in [1.82, 2.24) is 9.62 Å². The fraction of sp³-hybridized carbons (Fsp3) is 0.562. The molecule has 0 saturated carbocycles. The molecule has 28 heavy (non-hydrogen) atoms. The molecule has 2 fully saturated rings. The normalized spacial score (nSPS) is 22.6. The molecule has 12 heteroatoms. The second-order valence-corrected chi connectivity index (χ2v) is 8.60. The predicted molar refractivity (Wildman–Crippen MR) is 91.4 cm³/mol. The van der Waals surface area contributed by atoms with Gasteiger partial charge in [0.2, 0.25) is 0 Å². The van der Waals surface area contributed by atoms with E-state index in [9.17, 15) is 35.9 Å². The van der Waals surface area contributed by atoms with Crippen LogP contribution in [0.25, 0.3) is 0 Å². The Morgan fingerprint density at radius 1 is 1.29 bits per heavy atom. The molecular formula is C16H19F4N3O4S. The summed E-state index contributed by atoms with van der Waals surface area (Å²) in [6, 6.07) is 2.25. The van der Waals surface area contributed by atoms with Gasteiger partial charge < -0.3 is 10.0 Å².